The summed E-state index contributed by atoms with van der Waals surface area (Å²) in [6, 6.07) is 7.62. The van der Waals surface area contributed by atoms with Gasteiger partial charge in [-0.15, -0.1) is 0 Å². The van der Waals surface area contributed by atoms with Gasteiger partial charge in [0, 0.05) is 36.6 Å². The van der Waals surface area contributed by atoms with Crippen LogP contribution in [0.1, 0.15) is 39.2 Å². The maximum absolute atomic E-state index is 11.7. The zero-order valence-electron chi connectivity index (χ0n) is 16.5. The number of alkyl carbamates (subject to hydrolysis) is 1. The van der Waals surface area contributed by atoms with Gasteiger partial charge >= 0.3 is 6.09 Å². The Kier molecular flexibility index (Phi) is 10.3. The van der Waals surface area contributed by atoms with Gasteiger partial charge in [0.1, 0.15) is 5.60 Å². The zero-order valence-corrected chi connectivity index (χ0v) is 18.1. The molecule has 0 radical (unpaired) electrons. The lowest BCUT2D eigenvalue weighted by atomic mass is 10.2. The van der Waals surface area contributed by atoms with E-state index in [9.17, 15) is 14.4 Å². The van der Waals surface area contributed by atoms with Gasteiger partial charge in [0.05, 0.1) is 0 Å². The minimum Gasteiger partial charge on any atom is -0.444 e. The average molecular weight is 454 g/mol. The lowest BCUT2D eigenvalue weighted by molar-refractivity contribution is -0.120. The number of carbonyl (C=O) groups is 3. The molecule has 1 aromatic carbocycles. The second-order valence-corrected chi connectivity index (χ2v) is 7.97. The smallest absolute Gasteiger partial charge is 0.407 e. The number of benzene rings is 1. The summed E-state index contributed by atoms with van der Waals surface area (Å²) >= 11 is 3.36. The van der Waals surface area contributed by atoms with Gasteiger partial charge in [-0.2, -0.15) is 0 Å². The number of carbonyl (C=O) groups excluding carboxylic acids is 3. The third-order valence-corrected chi connectivity index (χ3v) is 3.82. The molecule has 1 aromatic rings. The number of amides is 3. The molecule has 0 atom stereocenters. The standard InChI is InChI=1S/C20H28BrN3O4/c1-20(2,3)28-19(27)24-14-11-18(26)23-13-4-12-22-17(25)10-7-15-5-8-16(21)9-6-15/h5-10H,4,11-14H2,1-3H3,(H,22,25)(H,23,26)(H,24,27)/b10-7+. The molecular formula is C20H28BrN3O4. The summed E-state index contributed by atoms with van der Waals surface area (Å²) in [6.07, 6.45) is 3.45. The van der Waals surface area contributed by atoms with E-state index in [-0.39, 0.29) is 24.8 Å². The van der Waals surface area contributed by atoms with Gasteiger partial charge in [0.2, 0.25) is 11.8 Å². The van der Waals surface area contributed by atoms with Crippen molar-refractivity contribution in [1.82, 2.24) is 16.0 Å². The second kappa shape index (κ2) is 12.2. The SMILES string of the molecule is CC(C)(C)OC(=O)NCCC(=O)NCCCNC(=O)/C=C/c1ccc(Br)cc1. The van der Waals surface area contributed by atoms with Gasteiger partial charge in [0.25, 0.3) is 0 Å². The van der Waals surface area contributed by atoms with E-state index in [4.69, 9.17) is 4.74 Å². The van der Waals surface area contributed by atoms with Crippen LogP contribution in [0.4, 0.5) is 4.79 Å². The lowest BCUT2D eigenvalue weighted by Gasteiger charge is -2.19. The fourth-order valence-corrected chi connectivity index (χ4v) is 2.28. The van der Waals surface area contributed by atoms with Crippen molar-refractivity contribution in [2.24, 2.45) is 0 Å². The molecule has 0 saturated heterocycles. The molecule has 3 amide bonds. The fourth-order valence-electron chi connectivity index (χ4n) is 2.01. The van der Waals surface area contributed by atoms with Crippen molar-refractivity contribution in [3.05, 3.63) is 40.4 Å². The van der Waals surface area contributed by atoms with Crippen LogP contribution in [0.2, 0.25) is 0 Å². The highest BCUT2D eigenvalue weighted by molar-refractivity contribution is 9.10. The van der Waals surface area contributed by atoms with E-state index < -0.39 is 11.7 Å². The van der Waals surface area contributed by atoms with Crippen molar-refractivity contribution in [1.29, 1.82) is 0 Å². The van der Waals surface area contributed by atoms with Gasteiger partial charge in [-0.3, -0.25) is 9.59 Å². The fraction of sp³-hybridized carbons (Fsp3) is 0.450. The van der Waals surface area contributed by atoms with E-state index >= 15 is 0 Å². The number of rotatable bonds is 9. The topological polar surface area (TPSA) is 96.5 Å². The maximum atomic E-state index is 11.7. The molecule has 8 heteroatoms. The summed E-state index contributed by atoms with van der Waals surface area (Å²) in [5.74, 6) is -0.353. The van der Waals surface area contributed by atoms with E-state index in [0.717, 1.165) is 10.0 Å². The summed E-state index contributed by atoms with van der Waals surface area (Å²) in [5, 5.41) is 8.02. The van der Waals surface area contributed by atoms with Crippen LogP contribution in [0.15, 0.2) is 34.8 Å². The summed E-state index contributed by atoms with van der Waals surface area (Å²) in [5.41, 5.74) is 0.370. The Hall–Kier alpha value is -2.35. The molecule has 0 aliphatic rings. The van der Waals surface area contributed by atoms with E-state index in [2.05, 4.69) is 31.9 Å². The molecular weight excluding hydrogens is 426 g/mol. The van der Waals surface area contributed by atoms with Crippen LogP contribution < -0.4 is 16.0 Å². The molecule has 3 N–H and O–H groups in total. The highest BCUT2D eigenvalue weighted by Crippen LogP contribution is 2.11. The monoisotopic (exact) mass is 453 g/mol. The highest BCUT2D eigenvalue weighted by atomic mass is 79.9. The molecule has 7 nitrogen and oxygen atoms in total. The predicted octanol–water partition coefficient (Wildman–Crippen LogP) is 3.00. The second-order valence-electron chi connectivity index (χ2n) is 7.06. The molecule has 154 valence electrons. The Morgan fingerprint density at radius 1 is 1.00 bits per heavy atom. The van der Waals surface area contributed by atoms with Crippen molar-refractivity contribution < 1.29 is 19.1 Å². The van der Waals surface area contributed by atoms with Crippen LogP contribution in [-0.2, 0) is 14.3 Å². The first-order valence-electron chi connectivity index (χ1n) is 9.11. The Bertz CT molecular complexity index is 682. The first-order valence-corrected chi connectivity index (χ1v) is 9.90. The molecule has 0 aliphatic heterocycles. The number of nitrogens with one attached hydrogen (secondary N) is 3. The largest absolute Gasteiger partial charge is 0.444 e. The van der Waals surface area contributed by atoms with Crippen molar-refractivity contribution in [3.8, 4) is 0 Å². The Morgan fingerprint density at radius 2 is 1.64 bits per heavy atom. The summed E-state index contributed by atoms with van der Waals surface area (Å²) in [4.78, 5) is 34.9. The Labute approximate surface area is 174 Å². The summed E-state index contributed by atoms with van der Waals surface area (Å²) in [7, 11) is 0. The molecule has 1 rings (SSSR count). The van der Waals surface area contributed by atoms with Crippen LogP contribution in [0.3, 0.4) is 0 Å². The summed E-state index contributed by atoms with van der Waals surface area (Å²) < 4.78 is 6.06. The van der Waals surface area contributed by atoms with E-state index in [0.29, 0.717) is 19.5 Å². The highest BCUT2D eigenvalue weighted by Gasteiger charge is 2.15. The van der Waals surface area contributed by atoms with Crippen LogP contribution in [0, 0.1) is 0 Å². The molecule has 0 aromatic heterocycles. The first kappa shape index (κ1) is 23.7. The van der Waals surface area contributed by atoms with E-state index in [1.165, 1.54) is 6.08 Å². The average Bonchev–Trinajstić information content (AvgIpc) is 2.59. The van der Waals surface area contributed by atoms with Crippen molar-refractivity contribution >= 4 is 39.9 Å². The molecule has 0 unspecified atom stereocenters. The first-order chi connectivity index (χ1) is 13.2. The number of halogens is 1. The van der Waals surface area contributed by atoms with Gasteiger partial charge in [-0.05, 0) is 51.0 Å². The predicted molar refractivity (Wildman–Crippen MR) is 113 cm³/mol. The van der Waals surface area contributed by atoms with Gasteiger partial charge in [-0.25, -0.2) is 4.79 Å². The number of hydrogen-bond acceptors (Lipinski definition) is 4. The maximum Gasteiger partial charge on any atom is 0.407 e. The molecule has 0 saturated carbocycles. The zero-order chi connectivity index (χ0) is 21.0. The normalized spacial score (nSPS) is 11.1. The number of hydrogen-bond donors (Lipinski definition) is 3. The van der Waals surface area contributed by atoms with Crippen molar-refractivity contribution in [2.45, 2.75) is 39.2 Å². The molecule has 0 bridgehead atoms. The number of ether oxygens (including phenoxy) is 1. The van der Waals surface area contributed by atoms with Crippen LogP contribution in [0.5, 0.6) is 0 Å². The van der Waals surface area contributed by atoms with Gasteiger partial charge in [0.15, 0.2) is 0 Å². The minimum absolute atomic E-state index is 0.168. The van der Waals surface area contributed by atoms with Crippen molar-refractivity contribution in [2.75, 3.05) is 19.6 Å². The third-order valence-electron chi connectivity index (χ3n) is 3.29. The summed E-state index contributed by atoms with van der Waals surface area (Å²) in [6.45, 7) is 6.43. The Morgan fingerprint density at radius 3 is 2.29 bits per heavy atom. The third kappa shape index (κ3) is 12.1. The van der Waals surface area contributed by atoms with Crippen molar-refractivity contribution in [3.63, 3.8) is 0 Å². The van der Waals surface area contributed by atoms with Crippen LogP contribution >= 0.6 is 15.9 Å². The van der Waals surface area contributed by atoms with Gasteiger partial charge in [-0.1, -0.05) is 28.1 Å². The quantitative estimate of drug-likeness (QED) is 0.395. The van der Waals surface area contributed by atoms with E-state index in [1.54, 1.807) is 26.8 Å². The Balaban J connectivity index is 2.08. The molecule has 0 spiro atoms. The van der Waals surface area contributed by atoms with Crippen LogP contribution in [0.25, 0.3) is 6.08 Å². The molecule has 28 heavy (non-hydrogen) atoms. The molecule has 0 heterocycles. The van der Waals surface area contributed by atoms with Crippen LogP contribution in [-0.4, -0.2) is 43.1 Å². The molecule has 0 aliphatic carbocycles. The lowest BCUT2D eigenvalue weighted by Crippen LogP contribution is -2.35. The minimum atomic E-state index is -0.565. The molecule has 0 fully saturated rings. The van der Waals surface area contributed by atoms with E-state index in [1.807, 2.05) is 24.3 Å². The van der Waals surface area contributed by atoms with Gasteiger partial charge < -0.3 is 20.7 Å².